The van der Waals surface area contributed by atoms with E-state index in [1.165, 1.54) is 6.20 Å². The predicted octanol–water partition coefficient (Wildman–Crippen LogP) is 3.08. The second-order valence-corrected chi connectivity index (χ2v) is 6.78. The fraction of sp³-hybridized carbons (Fsp3) is 0.625. The Morgan fingerprint density at radius 1 is 1.32 bits per heavy atom. The van der Waals surface area contributed by atoms with Crippen molar-refractivity contribution in [1.82, 2.24) is 9.88 Å². The van der Waals surface area contributed by atoms with Crippen LogP contribution in [0.3, 0.4) is 0 Å². The molecule has 0 N–H and O–H groups in total. The molecule has 2 aliphatic rings. The van der Waals surface area contributed by atoms with Crippen molar-refractivity contribution in [3.8, 4) is 0 Å². The van der Waals surface area contributed by atoms with E-state index in [0.717, 1.165) is 25.0 Å². The molecule has 2 fully saturated rings. The zero-order valence-corrected chi connectivity index (χ0v) is 15.7. The summed E-state index contributed by atoms with van der Waals surface area (Å²) in [5.41, 5.74) is -0.692. The maximum Gasteiger partial charge on any atom is 0.416 e. The molecule has 3 heterocycles. The van der Waals surface area contributed by atoms with E-state index in [1.54, 1.807) is 0 Å². The van der Waals surface area contributed by atoms with Crippen molar-refractivity contribution < 1.29 is 22.7 Å². The smallest absolute Gasteiger partial charge is 0.371 e. The molecule has 2 aliphatic heterocycles. The van der Waals surface area contributed by atoms with Crippen LogP contribution in [0.4, 0.5) is 19.0 Å². The highest BCUT2D eigenvalue weighted by Gasteiger charge is 2.45. The van der Waals surface area contributed by atoms with Gasteiger partial charge in [0.1, 0.15) is 5.82 Å². The van der Waals surface area contributed by atoms with E-state index < -0.39 is 11.7 Å². The highest BCUT2D eigenvalue weighted by atomic mass is 127. The fourth-order valence-electron chi connectivity index (χ4n) is 3.69. The van der Waals surface area contributed by atoms with Gasteiger partial charge in [-0.05, 0) is 25.0 Å². The molecule has 2 saturated heterocycles. The van der Waals surface area contributed by atoms with Crippen molar-refractivity contribution in [3.05, 3.63) is 23.9 Å². The maximum absolute atomic E-state index is 12.9. The van der Waals surface area contributed by atoms with E-state index in [0.29, 0.717) is 36.5 Å². The van der Waals surface area contributed by atoms with Crippen LogP contribution in [-0.2, 0) is 15.7 Å². The number of alkyl halides is 4. The Balaban J connectivity index is 1.69. The van der Waals surface area contributed by atoms with Crippen LogP contribution in [0.15, 0.2) is 18.3 Å². The Morgan fingerprint density at radius 2 is 2.08 bits per heavy atom. The number of amides is 1. The van der Waals surface area contributed by atoms with Gasteiger partial charge in [0.25, 0.3) is 0 Å². The molecule has 0 bridgehead atoms. The normalized spacial score (nSPS) is 23.2. The molecule has 25 heavy (non-hydrogen) atoms. The van der Waals surface area contributed by atoms with Crippen LogP contribution in [0.25, 0.3) is 0 Å². The molecule has 138 valence electrons. The lowest BCUT2D eigenvalue weighted by Gasteiger charge is -2.26. The van der Waals surface area contributed by atoms with Gasteiger partial charge in [0, 0.05) is 19.3 Å². The number of hydrogen-bond acceptors (Lipinski definition) is 4. The van der Waals surface area contributed by atoms with Crippen molar-refractivity contribution >= 4 is 34.3 Å². The molecular formula is C16H19F3IN3O2. The first kappa shape index (κ1) is 18.7. The number of nitrogens with zero attached hydrogens (tertiary/aromatic N) is 3. The maximum atomic E-state index is 12.9. The number of aromatic nitrogens is 1. The first-order valence-corrected chi connectivity index (χ1v) is 9.67. The molecule has 1 amide bonds. The highest BCUT2D eigenvalue weighted by molar-refractivity contribution is 14.1. The number of halogens is 4. The summed E-state index contributed by atoms with van der Waals surface area (Å²) in [6.45, 7) is 1.64. The predicted molar refractivity (Wildman–Crippen MR) is 94.6 cm³/mol. The SMILES string of the molecule is O=C(CCOCI)N1CC[C@@H]2[C@H]1CCN2c1cc(C(F)(F)F)ccn1. The molecule has 1 aromatic rings. The first-order chi connectivity index (χ1) is 11.9. The van der Waals surface area contributed by atoms with Gasteiger partial charge in [-0.2, -0.15) is 13.2 Å². The van der Waals surface area contributed by atoms with Crippen LogP contribution < -0.4 is 4.90 Å². The summed E-state index contributed by atoms with van der Waals surface area (Å²) in [5, 5.41) is 0. The number of likely N-dealkylation sites (tertiary alicyclic amines) is 1. The minimum absolute atomic E-state index is 0.0328. The van der Waals surface area contributed by atoms with Crippen LogP contribution in [-0.4, -0.2) is 52.2 Å². The van der Waals surface area contributed by atoms with E-state index in [-0.39, 0.29) is 18.0 Å². The average Bonchev–Trinajstić information content (AvgIpc) is 3.16. The van der Waals surface area contributed by atoms with Gasteiger partial charge in [0.15, 0.2) is 0 Å². The van der Waals surface area contributed by atoms with Gasteiger partial charge in [0.2, 0.25) is 5.91 Å². The van der Waals surface area contributed by atoms with Crippen molar-refractivity contribution in [1.29, 1.82) is 0 Å². The van der Waals surface area contributed by atoms with E-state index in [9.17, 15) is 18.0 Å². The number of rotatable bonds is 5. The van der Waals surface area contributed by atoms with Gasteiger partial charge >= 0.3 is 6.18 Å². The van der Waals surface area contributed by atoms with Crippen molar-refractivity contribution in [2.45, 2.75) is 37.5 Å². The molecule has 1 aromatic heterocycles. The summed E-state index contributed by atoms with van der Waals surface area (Å²) in [6.07, 6.45) is -1.34. The lowest BCUT2D eigenvalue weighted by Crippen LogP contribution is -2.40. The molecule has 0 unspecified atom stereocenters. The Bertz CT molecular complexity index is 629. The number of carbonyl (C=O) groups excluding carboxylic acids is 1. The average molecular weight is 469 g/mol. The van der Waals surface area contributed by atoms with E-state index in [4.69, 9.17) is 4.74 Å². The zero-order valence-electron chi connectivity index (χ0n) is 13.5. The van der Waals surface area contributed by atoms with Crippen LogP contribution in [0.5, 0.6) is 0 Å². The van der Waals surface area contributed by atoms with Crippen molar-refractivity contribution in [2.75, 3.05) is 29.2 Å². The third kappa shape index (κ3) is 4.02. The van der Waals surface area contributed by atoms with Gasteiger partial charge in [-0.15, -0.1) is 0 Å². The molecule has 5 nitrogen and oxygen atoms in total. The fourth-order valence-corrected chi connectivity index (χ4v) is 4.00. The summed E-state index contributed by atoms with van der Waals surface area (Å²) < 4.78 is 44.6. The summed E-state index contributed by atoms with van der Waals surface area (Å²) in [5.74, 6) is 0.390. The number of pyridine rings is 1. The van der Waals surface area contributed by atoms with Crippen LogP contribution >= 0.6 is 22.6 Å². The second-order valence-electron chi connectivity index (χ2n) is 6.16. The number of carbonyl (C=O) groups is 1. The van der Waals surface area contributed by atoms with Gasteiger partial charge in [-0.25, -0.2) is 4.98 Å². The first-order valence-electron chi connectivity index (χ1n) is 8.15. The number of ether oxygens (including phenoxy) is 1. The lowest BCUT2D eigenvalue weighted by atomic mass is 10.1. The van der Waals surface area contributed by atoms with Gasteiger partial charge < -0.3 is 14.5 Å². The Labute approximate surface area is 157 Å². The van der Waals surface area contributed by atoms with E-state index >= 15 is 0 Å². The summed E-state index contributed by atoms with van der Waals surface area (Å²) in [6, 6.07) is 2.16. The Kier molecular flexibility index (Phi) is 5.71. The topological polar surface area (TPSA) is 45.7 Å². The zero-order chi connectivity index (χ0) is 18.0. The highest BCUT2D eigenvalue weighted by Crippen LogP contribution is 2.37. The lowest BCUT2D eigenvalue weighted by molar-refractivity contribution is -0.137. The van der Waals surface area contributed by atoms with Gasteiger partial charge in [-0.3, -0.25) is 4.79 Å². The number of anilines is 1. The van der Waals surface area contributed by atoms with Gasteiger partial charge in [-0.1, -0.05) is 22.6 Å². The molecule has 3 rings (SSSR count). The molecule has 0 aliphatic carbocycles. The number of fused-ring (bicyclic) bond motifs is 1. The third-order valence-electron chi connectivity index (χ3n) is 4.80. The van der Waals surface area contributed by atoms with Crippen LogP contribution in [0.2, 0.25) is 0 Å². The largest absolute Gasteiger partial charge is 0.416 e. The van der Waals surface area contributed by atoms with Crippen molar-refractivity contribution in [2.24, 2.45) is 0 Å². The summed E-state index contributed by atoms with van der Waals surface area (Å²) >= 11 is 2.08. The quantitative estimate of drug-likeness (QED) is 0.378. The van der Waals surface area contributed by atoms with E-state index in [2.05, 4.69) is 27.6 Å². The number of hydrogen-bond donors (Lipinski definition) is 0. The minimum atomic E-state index is -4.38. The van der Waals surface area contributed by atoms with Crippen molar-refractivity contribution in [3.63, 3.8) is 0 Å². The molecule has 0 aromatic carbocycles. The van der Waals surface area contributed by atoms with Gasteiger partial charge in [0.05, 0.1) is 35.3 Å². The second kappa shape index (κ2) is 7.65. The molecule has 2 atom stereocenters. The van der Waals surface area contributed by atoms with E-state index in [1.807, 2.05) is 9.80 Å². The monoisotopic (exact) mass is 469 g/mol. The molecule has 0 spiro atoms. The summed E-state index contributed by atoms with van der Waals surface area (Å²) in [7, 11) is 0. The Morgan fingerprint density at radius 3 is 2.80 bits per heavy atom. The standard InChI is InChI=1S/C16H19F3IN3O2/c17-16(18,19)11-1-5-21-14(9-11)22-6-2-13-12(22)3-7-23(13)15(24)4-8-25-10-20/h1,5,9,12-13H,2-4,6-8,10H2/t12-,13-/m1/s1. The third-order valence-corrected chi connectivity index (χ3v) is 5.24. The minimum Gasteiger partial charge on any atom is -0.371 e. The molecule has 0 radical (unpaired) electrons. The molecular weight excluding hydrogens is 450 g/mol. The molecule has 0 saturated carbocycles. The molecule has 9 heteroatoms. The van der Waals surface area contributed by atoms with Crippen LogP contribution in [0.1, 0.15) is 24.8 Å². The summed E-state index contributed by atoms with van der Waals surface area (Å²) in [4.78, 5) is 20.2. The van der Waals surface area contributed by atoms with Crippen LogP contribution in [0, 0.1) is 0 Å². The Hall–Kier alpha value is -1.10.